The molecule has 1 atom stereocenters. The molecule has 1 rings (SSSR count). The first-order valence-corrected chi connectivity index (χ1v) is 6.80. The fraction of sp³-hybridized carbons (Fsp3) is 0.429. The number of rotatable bonds is 6. The molecule has 1 aromatic carbocycles. The quantitative estimate of drug-likeness (QED) is 0.645. The third kappa shape index (κ3) is 4.42. The van der Waals surface area contributed by atoms with E-state index in [1.165, 1.54) is 12.1 Å². The summed E-state index contributed by atoms with van der Waals surface area (Å²) < 4.78 is 10.0. The van der Waals surface area contributed by atoms with Gasteiger partial charge in [0.25, 0.3) is 0 Å². The first-order valence-electron chi connectivity index (χ1n) is 6.42. The van der Waals surface area contributed by atoms with E-state index in [0.29, 0.717) is 18.5 Å². The second kappa shape index (κ2) is 7.75. The van der Waals surface area contributed by atoms with Gasteiger partial charge < -0.3 is 15.2 Å². The number of hydrogen-bond acceptors (Lipinski definition) is 5. The Hall–Kier alpha value is -1.75. The summed E-state index contributed by atoms with van der Waals surface area (Å²) in [5.41, 5.74) is 6.17. The third-order valence-electron chi connectivity index (χ3n) is 2.56. The Morgan fingerprint density at radius 2 is 2.05 bits per heavy atom. The summed E-state index contributed by atoms with van der Waals surface area (Å²) in [6.07, 6.45) is 0.171. The Kier molecular flexibility index (Phi) is 6.31. The molecule has 0 spiro atoms. The Morgan fingerprint density at radius 3 is 2.60 bits per heavy atom. The highest BCUT2D eigenvalue weighted by molar-refractivity contribution is 6.33. The summed E-state index contributed by atoms with van der Waals surface area (Å²) in [6.45, 7) is 3.81. The lowest BCUT2D eigenvalue weighted by molar-refractivity contribution is -0.153. The van der Waals surface area contributed by atoms with Crippen molar-refractivity contribution in [1.29, 1.82) is 0 Å². The highest BCUT2D eigenvalue weighted by Gasteiger charge is 2.25. The van der Waals surface area contributed by atoms with Crippen LogP contribution < -0.4 is 5.73 Å². The summed E-state index contributed by atoms with van der Waals surface area (Å²) >= 11 is 5.93. The zero-order chi connectivity index (χ0) is 15.1. The Balaban J connectivity index is 2.82. The molecule has 0 aliphatic carbocycles. The molecule has 1 unspecified atom stereocenters. The molecule has 110 valence electrons. The number of hydrogen-bond donors (Lipinski definition) is 1. The van der Waals surface area contributed by atoms with Crippen LogP contribution in [0.3, 0.4) is 0 Å². The maximum Gasteiger partial charge on any atom is 0.347 e. The first kappa shape index (κ1) is 16.3. The molecule has 2 N–H and O–H groups in total. The molecule has 0 amide bonds. The average molecular weight is 300 g/mol. The molecule has 0 aliphatic rings. The van der Waals surface area contributed by atoms with Gasteiger partial charge in [-0.1, -0.05) is 24.9 Å². The zero-order valence-corrected chi connectivity index (χ0v) is 12.3. The molecule has 0 fully saturated rings. The molecule has 5 nitrogen and oxygen atoms in total. The topological polar surface area (TPSA) is 78.6 Å². The number of benzene rings is 1. The highest BCUT2D eigenvalue weighted by atomic mass is 35.5. The number of halogens is 1. The number of nitrogen functional groups attached to an aromatic ring is 1. The van der Waals surface area contributed by atoms with Crippen molar-refractivity contribution < 1.29 is 19.1 Å². The monoisotopic (exact) mass is 299 g/mol. The van der Waals surface area contributed by atoms with E-state index in [1.54, 1.807) is 13.0 Å². The van der Waals surface area contributed by atoms with Crippen LogP contribution in [-0.2, 0) is 14.3 Å². The van der Waals surface area contributed by atoms with Crippen molar-refractivity contribution in [2.24, 2.45) is 0 Å². The maximum atomic E-state index is 12.0. The van der Waals surface area contributed by atoms with Gasteiger partial charge in [-0.15, -0.1) is 0 Å². The van der Waals surface area contributed by atoms with E-state index in [2.05, 4.69) is 0 Å². The predicted octanol–water partition coefficient (Wildman–Crippen LogP) is 2.81. The summed E-state index contributed by atoms with van der Waals surface area (Å²) in [5.74, 6) is -1.21. The third-order valence-corrected chi connectivity index (χ3v) is 2.88. The van der Waals surface area contributed by atoms with E-state index in [9.17, 15) is 9.59 Å². The standard InChI is InChI=1S/C14H18ClNO4/c1-3-5-12(14(18)19-4-2)20-13(17)10-7-6-9(16)8-11(10)15/h6-8,12H,3-5,16H2,1-2H3. The van der Waals surface area contributed by atoms with Gasteiger partial charge in [-0.05, 0) is 31.5 Å². The van der Waals surface area contributed by atoms with Crippen molar-refractivity contribution in [1.82, 2.24) is 0 Å². The van der Waals surface area contributed by atoms with Gasteiger partial charge in [-0.25, -0.2) is 9.59 Å². The largest absolute Gasteiger partial charge is 0.463 e. The van der Waals surface area contributed by atoms with Crippen LogP contribution in [0.4, 0.5) is 5.69 Å². The van der Waals surface area contributed by atoms with Crippen molar-refractivity contribution in [3.63, 3.8) is 0 Å². The van der Waals surface area contributed by atoms with Crippen LogP contribution in [-0.4, -0.2) is 24.6 Å². The fourth-order valence-corrected chi connectivity index (χ4v) is 1.88. The summed E-state index contributed by atoms with van der Waals surface area (Å²) in [7, 11) is 0. The highest BCUT2D eigenvalue weighted by Crippen LogP contribution is 2.21. The molecule has 0 radical (unpaired) electrons. The van der Waals surface area contributed by atoms with Gasteiger partial charge in [0.15, 0.2) is 6.10 Å². The number of nitrogens with two attached hydrogens (primary N) is 1. The second-order valence-corrected chi connectivity index (χ2v) is 4.58. The molecule has 0 bridgehead atoms. The number of carbonyl (C=O) groups is 2. The van der Waals surface area contributed by atoms with Crippen molar-refractivity contribution in [3.05, 3.63) is 28.8 Å². The molecule has 0 aliphatic heterocycles. The van der Waals surface area contributed by atoms with Gasteiger partial charge >= 0.3 is 11.9 Å². The lowest BCUT2D eigenvalue weighted by Gasteiger charge is -2.16. The van der Waals surface area contributed by atoms with Gasteiger partial charge in [0, 0.05) is 5.69 Å². The molecular formula is C14H18ClNO4. The minimum atomic E-state index is -0.916. The van der Waals surface area contributed by atoms with E-state index >= 15 is 0 Å². The smallest absolute Gasteiger partial charge is 0.347 e. The maximum absolute atomic E-state index is 12.0. The Labute approximate surface area is 123 Å². The normalized spacial score (nSPS) is 11.8. The van der Waals surface area contributed by atoms with E-state index < -0.39 is 18.0 Å². The van der Waals surface area contributed by atoms with Gasteiger partial charge in [0.1, 0.15) is 0 Å². The second-order valence-electron chi connectivity index (χ2n) is 4.17. The molecule has 6 heteroatoms. The van der Waals surface area contributed by atoms with E-state index in [-0.39, 0.29) is 17.2 Å². The molecule has 0 saturated heterocycles. The summed E-state index contributed by atoms with van der Waals surface area (Å²) in [6, 6.07) is 4.47. The number of ether oxygens (including phenoxy) is 2. The lowest BCUT2D eigenvalue weighted by Crippen LogP contribution is -2.29. The molecule has 0 heterocycles. The van der Waals surface area contributed by atoms with Gasteiger partial charge in [0.2, 0.25) is 0 Å². The van der Waals surface area contributed by atoms with E-state index in [4.69, 9.17) is 26.8 Å². The SMILES string of the molecule is CCCC(OC(=O)c1ccc(N)cc1Cl)C(=O)OCC. The Morgan fingerprint density at radius 1 is 1.35 bits per heavy atom. The lowest BCUT2D eigenvalue weighted by atomic mass is 10.2. The molecular weight excluding hydrogens is 282 g/mol. The number of esters is 2. The van der Waals surface area contributed by atoms with Gasteiger partial charge in [-0.2, -0.15) is 0 Å². The van der Waals surface area contributed by atoms with Crippen molar-refractivity contribution in [3.8, 4) is 0 Å². The van der Waals surface area contributed by atoms with Crippen molar-refractivity contribution >= 4 is 29.2 Å². The Bertz CT molecular complexity index is 490. The van der Waals surface area contributed by atoms with Gasteiger partial charge in [0.05, 0.1) is 17.2 Å². The summed E-state index contributed by atoms with van der Waals surface area (Å²) in [4.78, 5) is 23.7. The van der Waals surface area contributed by atoms with E-state index in [0.717, 1.165) is 0 Å². The van der Waals surface area contributed by atoms with Crippen molar-refractivity contribution in [2.45, 2.75) is 32.8 Å². The van der Waals surface area contributed by atoms with Crippen molar-refractivity contribution in [2.75, 3.05) is 12.3 Å². The number of carbonyl (C=O) groups excluding carboxylic acids is 2. The van der Waals surface area contributed by atoms with Crippen LogP contribution >= 0.6 is 11.6 Å². The van der Waals surface area contributed by atoms with E-state index in [1.807, 2.05) is 6.92 Å². The van der Waals surface area contributed by atoms with Gasteiger partial charge in [-0.3, -0.25) is 0 Å². The van der Waals surface area contributed by atoms with Crippen LogP contribution in [0.1, 0.15) is 37.0 Å². The molecule has 20 heavy (non-hydrogen) atoms. The van der Waals surface area contributed by atoms with Crippen LogP contribution in [0.15, 0.2) is 18.2 Å². The predicted molar refractivity (Wildman–Crippen MR) is 76.6 cm³/mol. The average Bonchev–Trinajstić information content (AvgIpc) is 2.38. The molecule has 1 aromatic rings. The molecule has 0 aromatic heterocycles. The zero-order valence-electron chi connectivity index (χ0n) is 11.5. The fourth-order valence-electron chi connectivity index (χ4n) is 1.61. The summed E-state index contributed by atoms with van der Waals surface area (Å²) in [5, 5.41) is 0.189. The van der Waals surface area contributed by atoms with Crippen LogP contribution in [0.2, 0.25) is 5.02 Å². The first-order chi connectivity index (χ1) is 9.49. The van der Waals surface area contributed by atoms with Crippen LogP contribution in [0, 0.1) is 0 Å². The minimum Gasteiger partial charge on any atom is -0.463 e. The number of anilines is 1. The van der Waals surface area contributed by atoms with Crippen LogP contribution in [0.5, 0.6) is 0 Å². The molecule has 0 saturated carbocycles. The van der Waals surface area contributed by atoms with Crippen LogP contribution in [0.25, 0.3) is 0 Å². The minimum absolute atomic E-state index is 0.172.